The van der Waals surface area contributed by atoms with Crippen LogP contribution in [0.4, 0.5) is 11.4 Å². The van der Waals surface area contributed by atoms with Crippen LogP contribution in [0.3, 0.4) is 0 Å². The fourth-order valence-electron chi connectivity index (χ4n) is 1.86. The van der Waals surface area contributed by atoms with Gasteiger partial charge in [0.05, 0.1) is 18.5 Å². The number of anilines is 2. The van der Waals surface area contributed by atoms with Crippen LogP contribution in [0.1, 0.15) is 25.7 Å². The molecule has 1 amide bonds. The van der Waals surface area contributed by atoms with Crippen LogP contribution in [0.15, 0.2) is 18.2 Å². The second kappa shape index (κ2) is 7.14. The Kier molecular flexibility index (Phi) is 5.24. The number of carbonyl (C=O) groups is 1. The summed E-state index contributed by atoms with van der Waals surface area (Å²) in [7, 11) is 1.58. The van der Waals surface area contributed by atoms with Crippen molar-refractivity contribution in [1.82, 2.24) is 0 Å². The van der Waals surface area contributed by atoms with E-state index in [0.29, 0.717) is 30.2 Å². The second-order valence-electron chi connectivity index (χ2n) is 5.12. The lowest BCUT2D eigenvalue weighted by Crippen LogP contribution is -2.13. The molecule has 1 aromatic rings. The molecule has 5 heteroatoms. The highest BCUT2D eigenvalue weighted by atomic mass is 16.5. The van der Waals surface area contributed by atoms with Crippen molar-refractivity contribution < 1.29 is 14.3 Å². The molecule has 0 unspecified atom stereocenters. The van der Waals surface area contributed by atoms with Gasteiger partial charge in [-0.3, -0.25) is 4.79 Å². The SMILES string of the molecule is COc1ccc(NC(=O)CCCOCC2CC2)c(N)c1. The molecule has 5 nitrogen and oxygen atoms in total. The van der Waals surface area contributed by atoms with Crippen molar-refractivity contribution >= 4 is 17.3 Å². The van der Waals surface area contributed by atoms with E-state index in [4.69, 9.17) is 15.2 Å². The minimum Gasteiger partial charge on any atom is -0.497 e. The van der Waals surface area contributed by atoms with E-state index in [1.165, 1.54) is 12.8 Å². The largest absolute Gasteiger partial charge is 0.497 e. The number of ether oxygens (including phenoxy) is 2. The first-order chi connectivity index (χ1) is 9.69. The average Bonchev–Trinajstić information content (AvgIpc) is 3.25. The number of nitrogen functional groups attached to an aromatic ring is 1. The molecular weight excluding hydrogens is 256 g/mol. The second-order valence-corrected chi connectivity index (χ2v) is 5.12. The third kappa shape index (κ3) is 4.74. The van der Waals surface area contributed by atoms with Gasteiger partial charge in [-0.1, -0.05) is 0 Å². The molecule has 1 saturated carbocycles. The van der Waals surface area contributed by atoms with E-state index >= 15 is 0 Å². The summed E-state index contributed by atoms with van der Waals surface area (Å²) < 4.78 is 10.6. The normalized spacial score (nSPS) is 14.1. The molecule has 2 rings (SSSR count). The molecular formula is C15H22N2O3. The highest BCUT2D eigenvalue weighted by Gasteiger charge is 2.20. The number of methoxy groups -OCH3 is 1. The lowest BCUT2D eigenvalue weighted by molar-refractivity contribution is -0.116. The smallest absolute Gasteiger partial charge is 0.224 e. The Labute approximate surface area is 119 Å². The number of amides is 1. The number of carbonyl (C=O) groups excluding carboxylic acids is 1. The van der Waals surface area contributed by atoms with Gasteiger partial charge in [0.15, 0.2) is 0 Å². The molecule has 0 aromatic heterocycles. The Morgan fingerprint density at radius 1 is 1.45 bits per heavy atom. The molecule has 1 aliphatic carbocycles. The summed E-state index contributed by atoms with van der Waals surface area (Å²) in [6.07, 6.45) is 3.75. The molecule has 0 radical (unpaired) electrons. The molecule has 20 heavy (non-hydrogen) atoms. The fourth-order valence-corrected chi connectivity index (χ4v) is 1.86. The van der Waals surface area contributed by atoms with Gasteiger partial charge in [0, 0.05) is 25.7 Å². The van der Waals surface area contributed by atoms with E-state index in [1.807, 2.05) is 0 Å². The van der Waals surface area contributed by atoms with Gasteiger partial charge in [-0.15, -0.1) is 0 Å². The zero-order valence-electron chi connectivity index (χ0n) is 11.9. The van der Waals surface area contributed by atoms with Crippen molar-refractivity contribution in [2.24, 2.45) is 5.92 Å². The minimum absolute atomic E-state index is 0.0445. The lowest BCUT2D eigenvalue weighted by atomic mass is 10.2. The molecule has 110 valence electrons. The first-order valence-electron chi connectivity index (χ1n) is 7.00. The Morgan fingerprint density at radius 2 is 2.25 bits per heavy atom. The number of nitrogens with one attached hydrogen (secondary N) is 1. The maximum absolute atomic E-state index is 11.8. The molecule has 1 fully saturated rings. The van der Waals surface area contributed by atoms with Crippen molar-refractivity contribution in [2.45, 2.75) is 25.7 Å². The lowest BCUT2D eigenvalue weighted by Gasteiger charge is -2.09. The van der Waals surface area contributed by atoms with Crippen molar-refractivity contribution in [3.8, 4) is 5.75 Å². The molecule has 0 spiro atoms. The Bertz CT molecular complexity index is 458. The number of hydrogen-bond acceptors (Lipinski definition) is 4. The molecule has 1 aromatic carbocycles. The van der Waals surface area contributed by atoms with Crippen LogP contribution in [-0.4, -0.2) is 26.2 Å². The van der Waals surface area contributed by atoms with Gasteiger partial charge < -0.3 is 20.5 Å². The van der Waals surface area contributed by atoms with Gasteiger partial charge >= 0.3 is 0 Å². The van der Waals surface area contributed by atoms with Crippen LogP contribution in [0, 0.1) is 5.92 Å². The topological polar surface area (TPSA) is 73.6 Å². The van der Waals surface area contributed by atoms with Gasteiger partial charge in [0.25, 0.3) is 0 Å². The minimum atomic E-state index is -0.0445. The molecule has 0 heterocycles. The van der Waals surface area contributed by atoms with Gasteiger partial charge in [-0.25, -0.2) is 0 Å². The zero-order valence-corrected chi connectivity index (χ0v) is 11.9. The summed E-state index contributed by atoms with van der Waals surface area (Å²) in [6, 6.07) is 5.20. The van der Waals surface area contributed by atoms with Crippen LogP contribution < -0.4 is 15.8 Å². The van der Waals surface area contributed by atoms with Crippen LogP contribution >= 0.6 is 0 Å². The predicted molar refractivity (Wildman–Crippen MR) is 78.8 cm³/mol. The van der Waals surface area contributed by atoms with Gasteiger partial charge in [-0.05, 0) is 37.3 Å². The zero-order chi connectivity index (χ0) is 14.4. The van der Waals surface area contributed by atoms with E-state index in [1.54, 1.807) is 25.3 Å². The summed E-state index contributed by atoms with van der Waals surface area (Å²) in [6.45, 7) is 1.48. The third-order valence-electron chi connectivity index (χ3n) is 3.28. The number of rotatable bonds is 8. The van der Waals surface area contributed by atoms with E-state index in [-0.39, 0.29) is 5.91 Å². The van der Waals surface area contributed by atoms with Crippen molar-refractivity contribution in [3.63, 3.8) is 0 Å². The Hall–Kier alpha value is -1.75. The van der Waals surface area contributed by atoms with Crippen LogP contribution in [-0.2, 0) is 9.53 Å². The van der Waals surface area contributed by atoms with Crippen LogP contribution in [0.25, 0.3) is 0 Å². The quantitative estimate of drug-likeness (QED) is 0.566. The van der Waals surface area contributed by atoms with Gasteiger partial charge in [0.2, 0.25) is 5.91 Å². The number of hydrogen-bond donors (Lipinski definition) is 2. The highest BCUT2D eigenvalue weighted by molar-refractivity contribution is 5.93. The van der Waals surface area contributed by atoms with Crippen molar-refractivity contribution in [1.29, 1.82) is 0 Å². The number of benzene rings is 1. The number of nitrogens with two attached hydrogens (primary N) is 1. The summed E-state index contributed by atoms with van der Waals surface area (Å²) in [5.74, 6) is 1.40. The highest BCUT2D eigenvalue weighted by Crippen LogP contribution is 2.28. The Morgan fingerprint density at radius 3 is 2.90 bits per heavy atom. The van der Waals surface area contributed by atoms with Gasteiger partial charge in [0.1, 0.15) is 5.75 Å². The van der Waals surface area contributed by atoms with E-state index in [0.717, 1.165) is 18.9 Å². The fraction of sp³-hybridized carbons (Fsp3) is 0.533. The molecule has 0 aliphatic heterocycles. The summed E-state index contributed by atoms with van der Waals surface area (Å²) >= 11 is 0. The molecule has 0 atom stereocenters. The third-order valence-corrected chi connectivity index (χ3v) is 3.28. The first kappa shape index (κ1) is 14.7. The monoisotopic (exact) mass is 278 g/mol. The summed E-state index contributed by atoms with van der Waals surface area (Å²) in [5.41, 5.74) is 6.96. The van der Waals surface area contributed by atoms with Crippen LogP contribution in [0.5, 0.6) is 5.75 Å². The van der Waals surface area contributed by atoms with Crippen molar-refractivity contribution in [2.75, 3.05) is 31.4 Å². The first-order valence-corrected chi connectivity index (χ1v) is 7.00. The van der Waals surface area contributed by atoms with Crippen LogP contribution in [0.2, 0.25) is 0 Å². The van der Waals surface area contributed by atoms with Crippen molar-refractivity contribution in [3.05, 3.63) is 18.2 Å². The average molecular weight is 278 g/mol. The Balaban J connectivity index is 1.67. The molecule has 1 aliphatic rings. The van der Waals surface area contributed by atoms with Gasteiger partial charge in [-0.2, -0.15) is 0 Å². The molecule has 0 bridgehead atoms. The van der Waals surface area contributed by atoms with E-state index in [2.05, 4.69) is 5.32 Å². The standard InChI is InChI=1S/C15H22N2O3/c1-19-12-6-7-14(13(16)9-12)17-15(18)3-2-8-20-10-11-4-5-11/h6-7,9,11H,2-5,8,10,16H2,1H3,(H,17,18). The summed E-state index contributed by atoms with van der Waals surface area (Å²) in [4.78, 5) is 11.8. The maximum Gasteiger partial charge on any atom is 0.224 e. The van der Waals surface area contributed by atoms with E-state index in [9.17, 15) is 4.79 Å². The summed E-state index contributed by atoms with van der Waals surface area (Å²) in [5, 5.41) is 2.80. The maximum atomic E-state index is 11.8. The predicted octanol–water partition coefficient (Wildman–Crippen LogP) is 2.42. The molecule has 0 saturated heterocycles. The van der Waals surface area contributed by atoms with E-state index < -0.39 is 0 Å². The molecule has 3 N–H and O–H groups in total.